The zero-order chi connectivity index (χ0) is 24.7. The van der Waals surface area contributed by atoms with Gasteiger partial charge in [-0.25, -0.2) is 0 Å². The molecule has 3 nitrogen and oxygen atoms in total. The number of halogens is 3. The van der Waals surface area contributed by atoms with Gasteiger partial charge in [-0.3, -0.25) is 15.0 Å². The third-order valence-corrected chi connectivity index (χ3v) is 6.24. The van der Waals surface area contributed by atoms with Crippen molar-refractivity contribution in [1.82, 2.24) is 15.0 Å². The third kappa shape index (κ3) is 4.07. The van der Waals surface area contributed by atoms with E-state index >= 15 is 0 Å². The van der Waals surface area contributed by atoms with Gasteiger partial charge in [0.2, 0.25) is 0 Å². The molecule has 6 heteroatoms. The van der Waals surface area contributed by atoms with Crippen LogP contribution in [0.1, 0.15) is 5.56 Å². The van der Waals surface area contributed by atoms with Gasteiger partial charge in [0.15, 0.2) is 0 Å². The van der Waals surface area contributed by atoms with Gasteiger partial charge in [0.05, 0.1) is 22.3 Å². The molecule has 0 N–H and O–H groups in total. The van der Waals surface area contributed by atoms with Crippen molar-refractivity contribution in [2.24, 2.45) is 0 Å². The molecule has 0 aliphatic heterocycles. The molecule has 3 aromatic heterocycles. The molecule has 174 valence electrons. The van der Waals surface area contributed by atoms with E-state index in [1.165, 1.54) is 12.1 Å². The molecule has 0 aliphatic carbocycles. The fourth-order valence-corrected chi connectivity index (χ4v) is 4.35. The Morgan fingerprint density at radius 1 is 0.556 bits per heavy atom. The number of para-hydroxylation sites is 1. The fraction of sp³-hybridized carbons (Fsp3) is 0.0333. The first-order chi connectivity index (χ1) is 17.5. The summed E-state index contributed by atoms with van der Waals surface area (Å²) in [6.07, 6.45) is 1.05. The number of rotatable bonds is 3. The zero-order valence-corrected chi connectivity index (χ0v) is 18.9. The number of benzene rings is 3. The maximum atomic E-state index is 12.9. The highest BCUT2D eigenvalue weighted by molar-refractivity contribution is 5.93. The van der Waals surface area contributed by atoms with E-state index in [0.29, 0.717) is 5.56 Å². The van der Waals surface area contributed by atoms with Gasteiger partial charge in [-0.15, -0.1) is 0 Å². The smallest absolute Gasteiger partial charge is 0.256 e. The van der Waals surface area contributed by atoms with Crippen LogP contribution in [0.2, 0.25) is 0 Å². The Bertz CT molecular complexity index is 1700. The predicted molar refractivity (Wildman–Crippen MR) is 136 cm³/mol. The molecule has 0 bridgehead atoms. The topological polar surface area (TPSA) is 38.7 Å². The van der Waals surface area contributed by atoms with E-state index in [9.17, 15) is 13.2 Å². The molecule has 0 fully saturated rings. The highest BCUT2D eigenvalue weighted by atomic mass is 19.4. The van der Waals surface area contributed by atoms with Crippen molar-refractivity contribution in [3.8, 4) is 33.5 Å². The van der Waals surface area contributed by atoms with E-state index in [2.05, 4.69) is 15.0 Å². The summed E-state index contributed by atoms with van der Waals surface area (Å²) in [6.45, 7) is 0. The Balaban J connectivity index is 1.29. The van der Waals surface area contributed by atoms with Gasteiger partial charge in [-0.2, -0.15) is 13.2 Å². The van der Waals surface area contributed by atoms with Crippen LogP contribution in [0.3, 0.4) is 0 Å². The molecule has 0 saturated carbocycles. The minimum Gasteiger partial charge on any atom is -0.256 e. The predicted octanol–water partition coefficient (Wildman–Crippen LogP) is 8.20. The summed E-state index contributed by atoms with van der Waals surface area (Å²) in [5.41, 5.74) is 6.23. The summed E-state index contributed by atoms with van der Waals surface area (Å²) in [4.78, 5) is 13.8. The van der Waals surface area contributed by atoms with Crippen molar-refractivity contribution < 1.29 is 13.2 Å². The molecule has 0 atom stereocenters. The molecular weight excluding hydrogens is 459 g/mol. The van der Waals surface area contributed by atoms with Crippen LogP contribution in [0.25, 0.3) is 55.3 Å². The van der Waals surface area contributed by atoms with Gasteiger partial charge >= 0.3 is 6.18 Å². The first-order valence-corrected chi connectivity index (χ1v) is 11.3. The zero-order valence-electron chi connectivity index (χ0n) is 18.9. The Morgan fingerprint density at radius 2 is 1.31 bits per heavy atom. The molecule has 0 amide bonds. The standard InChI is InChI=1S/C30H18F3N3/c31-30(32,33)25-11-8-19(9-12-25)21-6-7-22-15-24(18-36-28(22)16-21)23-10-13-27(35-17-23)26-5-1-3-20-4-2-14-34-29(20)26/h1-18H. The lowest BCUT2D eigenvalue weighted by Gasteiger charge is -2.09. The molecule has 0 saturated heterocycles. The summed E-state index contributed by atoms with van der Waals surface area (Å²) in [7, 11) is 0. The van der Waals surface area contributed by atoms with Gasteiger partial charge in [-0.05, 0) is 47.5 Å². The summed E-state index contributed by atoms with van der Waals surface area (Å²) in [5, 5.41) is 2.00. The molecule has 0 aliphatic rings. The number of pyridine rings is 3. The number of fused-ring (bicyclic) bond motifs is 2. The molecule has 36 heavy (non-hydrogen) atoms. The van der Waals surface area contributed by atoms with Gasteiger partial charge in [0.25, 0.3) is 0 Å². The van der Waals surface area contributed by atoms with Gasteiger partial charge in [0.1, 0.15) is 0 Å². The van der Waals surface area contributed by atoms with E-state index in [4.69, 9.17) is 0 Å². The number of aromatic nitrogens is 3. The highest BCUT2D eigenvalue weighted by Crippen LogP contribution is 2.32. The van der Waals surface area contributed by atoms with E-state index in [-0.39, 0.29) is 0 Å². The minimum atomic E-state index is -4.35. The average Bonchev–Trinajstić information content (AvgIpc) is 2.92. The van der Waals surface area contributed by atoms with Crippen molar-refractivity contribution in [1.29, 1.82) is 0 Å². The van der Waals surface area contributed by atoms with Crippen LogP contribution in [0.5, 0.6) is 0 Å². The van der Waals surface area contributed by atoms with Crippen LogP contribution in [-0.2, 0) is 6.18 Å². The summed E-state index contributed by atoms with van der Waals surface area (Å²) < 4.78 is 38.6. The molecule has 6 aromatic rings. The molecule has 3 heterocycles. The Labute approximate surface area is 204 Å². The monoisotopic (exact) mass is 477 g/mol. The quantitative estimate of drug-likeness (QED) is 0.258. The first kappa shape index (κ1) is 21.9. The van der Waals surface area contributed by atoms with Crippen LogP contribution < -0.4 is 0 Å². The van der Waals surface area contributed by atoms with E-state index < -0.39 is 11.7 Å². The Hall–Kier alpha value is -4.58. The lowest BCUT2D eigenvalue weighted by atomic mass is 10.0. The number of hydrogen-bond donors (Lipinski definition) is 0. The fourth-order valence-electron chi connectivity index (χ4n) is 4.35. The van der Waals surface area contributed by atoms with Crippen LogP contribution in [-0.4, -0.2) is 15.0 Å². The normalized spacial score (nSPS) is 11.8. The molecule has 3 aromatic carbocycles. The van der Waals surface area contributed by atoms with Gasteiger partial charge in [-0.1, -0.05) is 54.6 Å². The Kier molecular flexibility index (Phi) is 5.22. The maximum Gasteiger partial charge on any atom is 0.416 e. The second kappa shape index (κ2) is 8.57. The largest absolute Gasteiger partial charge is 0.416 e. The lowest BCUT2D eigenvalue weighted by Crippen LogP contribution is -2.03. The van der Waals surface area contributed by atoms with Gasteiger partial charge < -0.3 is 0 Å². The average molecular weight is 477 g/mol. The third-order valence-electron chi connectivity index (χ3n) is 6.24. The van der Waals surface area contributed by atoms with Gasteiger partial charge in [0, 0.05) is 46.1 Å². The lowest BCUT2D eigenvalue weighted by molar-refractivity contribution is -0.137. The second-order valence-electron chi connectivity index (χ2n) is 8.52. The summed E-state index contributed by atoms with van der Waals surface area (Å²) >= 11 is 0. The minimum absolute atomic E-state index is 0.661. The molecule has 0 spiro atoms. The van der Waals surface area contributed by atoms with E-state index in [1.807, 2.05) is 72.9 Å². The summed E-state index contributed by atoms with van der Waals surface area (Å²) in [5.74, 6) is 0. The van der Waals surface area contributed by atoms with Crippen molar-refractivity contribution in [2.75, 3.05) is 0 Å². The SMILES string of the molecule is FC(F)(F)c1ccc(-c2ccc3cc(-c4ccc(-c5cccc6cccnc56)nc4)cnc3c2)cc1. The van der Waals surface area contributed by atoms with Crippen LogP contribution in [0, 0.1) is 0 Å². The number of hydrogen-bond acceptors (Lipinski definition) is 3. The second-order valence-corrected chi connectivity index (χ2v) is 8.52. The molecule has 0 radical (unpaired) electrons. The van der Waals surface area contributed by atoms with Crippen molar-refractivity contribution in [3.05, 3.63) is 115 Å². The molecule has 6 rings (SSSR count). The number of nitrogens with zero attached hydrogens (tertiary/aromatic N) is 3. The van der Waals surface area contributed by atoms with E-state index in [1.54, 1.807) is 12.4 Å². The first-order valence-electron chi connectivity index (χ1n) is 11.3. The van der Waals surface area contributed by atoms with Crippen molar-refractivity contribution in [2.45, 2.75) is 6.18 Å². The summed E-state index contributed by atoms with van der Waals surface area (Å²) in [6, 6.07) is 26.9. The number of alkyl halides is 3. The van der Waals surface area contributed by atoms with Crippen LogP contribution >= 0.6 is 0 Å². The van der Waals surface area contributed by atoms with Crippen molar-refractivity contribution in [3.63, 3.8) is 0 Å². The van der Waals surface area contributed by atoms with Crippen LogP contribution in [0.15, 0.2) is 110 Å². The molecule has 0 unspecified atom stereocenters. The molecular formula is C30H18F3N3. The highest BCUT2D eigenvalue weighted by Gasteiger charge is 2.29. The van der Waals surface area contributed by atoms with E-state index in [0.717, 1.165) is 61.9 Å². The van der Waals surface area contributed by atoms with Crippen LogP contribution in [0.4, 0.5) is 13.2 Å². The van der Waals surface area contributed by atoms with Crippen molar-refractivity contribution >= 4 is 21.8 Å². The maximum absolute atomic E-state index is 12.9. The Morgan fingerprint density at radius 3 is 2.08 bits per heavy atom.